The van der Waals surface area contributed by atoms with Gasteiger partial charge in [-0.25, -0.2) is 4.79 Å². The van der Waals surface area contributed by atoms with Crippen LogP contribution in [0.5, 0.6) is 0 Å². The van der Waals surface area contributed by atoms with Crippen LogP contribution in [0.15, 0.2) is 54.9 Å². The Morgan fingerprint density at radius 1 is 1.17 bits per heavy atom. The minimum Gasteiger partial charge on any atom is -0.445 e. The number of ether oxygens (including phenoxy) is 1. The lowest BCUT2D eigenvalue weighted by Crippen LogP contribution is -2.24. The predicted molar refractivity (Wildman–Crippen MR) is 87.9 cm³/mol. The normalized spacial score (nSPS) is 10.4. The Labute approximate surface area is 135 Å². The van der Waals surface area contributed by atoms with Crippen LogP contribution in [0.2, 0.25) is 0 Å². The molecule has 5 nitrogen and oxygen atoms in total. The lowest BCUT2D eigenvalue weighted by Gasteiger charge is -2.05. The third-order valence-corrected chi connectivity index (χ3v) is 3.10. The summed E-state index contributed by atoms with van der Waals surface area (Å²) in [6, 6.07) is 11.2. The van der Waals surface area contributed by atoms with Gasteiger partial charge in [-0.15, -0.1) is 0 Å². The van der Waals surface area contributed by atoms with Crippen LogP contribution < -0.4 is 5.32 Å². The van der Waals surface area contributed by atoms with E-state index in [1.165, 1.54) is 0 Å². The number of hydrogen-bond acceptors (Lipinski definition) is 4. The van der Waals surface area contributed by atoms with Crippen molar-refractivity contribution in [3.8, 4) is 0 Å². The number of rotatable bonds is 7. The van der Waals surface area contributed by atoms with E-state index in [2.05, 4.69) is 10.3 Å². The molecule has 0 aliphatic carbocycles. The zero-order valence-electron chi connectivity index (χ0n) is 12.6. The van der Waals surface area contributed by atoms with Gasteiger partial charge in [0.15, 0.2) is 6.29 Å². The van der Waals surface area contributed by atoms with Crippen molar-refractivity contribution in [1.82, 2.24) is 10.3 Å². The van der Waals surface area contributed by atoms with Crippen LogP contribution in [0.3, 0.4) is 0 Å². The van der Waals surface area contributed by atoms with Crippen molar-refractivity contribution in [3.63, 3.8) is 0 Å². The minimum absolute atomic E-state index is 0.251. The first-order valence-corrected chi connectivity index (χ1v) is 7.30. The second-order valence-electron chi connectivity index (χ2n) is 4.80. The van der Waals surface area contributed by atoms with Gasteiger partial charge in [0.05, 0.1) is 0 Å². The van der Waals surface area contributed by atoms with Crippen LogP contribution in [-0.4, -0.2) is 23.9 Å². The summed E-state index contributed by atoms with van der Waals surface area (Å²) in [6.07, 6.45) is 7.87. The molecule has 2 rings (SSSR count). The first kappa shape index (κ1) is 16.4. The molecule has 0 bridgehead atoms. The van der Waals surface area contributed by atoms with Crippen LogP contribution in [0, 0.1) is 0 Å². The first-order valence-electron chi connectivity index (χ1n) is 7.30. The number of amides is 1. The molecule has 0 unspecified atom stereocenters. The zero-order valence-corrected chi connectivity index (χ0v) is 12.6. The molecule has 2 aromatic rings. The highest BCUT2D eigenvalue weighted by atomic mass is 16.5. The molecular formula is C18H18N2O3. The fourth-order valence-corrected chi connectivity index (χ4v) is 1.91. The van der Waals surface area contributed by atoms with Gasteiger partial charge in [-0.3, -0.25) is 9.78 Å². The Bertz CT molecular complexity index is 669. The summed E-state index contributed by atoms with van der Waals surface area (Å²) in [5, 5.41) is 2.67. The summed E-state index contributed by atoms with van der Waals surface area (Å²) in [6.45, 7) is 0.710. The average molecular weight is 310 g/mol. The summed E-state index contributed by atoms with van der Waals surface area (Å²) < 4.78 is 5.10. The molecule has 1 N–H and O–H groups in total. The van der Waals surface area contributed by atoms with E-state index in [9.17, 15) is 9.59 Å². The molecule has 0 aliphatic rings. The summed E-state index contributed by atoms with van der Waals surface area (Å²) in [5.41, 5.74) is 2.29. The zero-order chi connectivity index (χ0) is 16.3. The number of pyridine rings is 1. The summed E-state index contributed by atoms with van der Waals surface area (Å²) in [7, 11) is 0. The fourth-order valence-electron chi connectivity index (χ4n) is 1.91. The summed E-state index contributed by atoms with van der Waals surface area (Å²) in [5.74, 6) is 0. The van der Waals surface area contributed by atoms with Gasteiger partial charge < -0.3 is 10.1 Å². The monoisotopic (exact) mass is 310 g/mol. The molecule has 0 aliphatic heterocycles. The van der Waals surface area contributed by atoms with Crippen molar-refractivity contribution in [3.05, 3.63) is 71.6 Å². The second kappa shape index (κ2) is 9.15. The van der Waals surface area contributed by atoms with E-state index < -0.39 is 6.09 Å². The number of aldehydes is 1. The number of hydrogen-bond donors (Lipinski definition) is 1. The topological polar surface area (TPSA) is 68.3 Å². The molecule has 23 heavy (non-hydrogen) atoms. The van der Waals surface area contributed by atoms with Gasteiger partial charge in [0, 0.05) is 30.1 Å². The van der Waals surface area contributed by atoms with Crippen molar-refractivity contribution in [2.45, 2.75) is 13.0 Å². The highest BCUT2D eigenvalue weighted by Crippen LogP contribution is 2.06. The maximum atomic E-state index is 11.5. The fraction of sp³-hybridized carbons (Fsp3) is 0.167. The molecule has 0 radical (unpaired) electrons. The van der Waals surface area contributed by atoms with Gasteiger partial charge in [-0.05, 0) is 18.1 Å². The number of carbonyl (C=O) groups excluding carboxylic acids is 2. The van der Waals surface area contributed by atoms with E-state index in [1.807, 2.05) is 42.5 Å². The van der Waals surface area contributed by atoms with Crippen LogP contribution in [0.4, 0.5) is 4.79 Å². The maximum Gasteiger partial charge on any atom is 0.407 e. The van der Waals surface area contributed by atoms with E-state index in [0.717, 1.165) is 17.4 Å². The van der Waals surface area contributed by atoms with Gasteiger partial charge in [0.25, 0.3) is 0 Å². The lowest BCUT2D eigenvalue weighted by molar-refractivity contribution is 0.112. The van der Waals surface area contributed by atoms with Crippen LogP contribution >= 0.6 is 0 Å². The SMILES string of the molecule is O=Cc1ccncc1C=CCCNC(=O)OCc1ccccc1. The number of carbonyl (C=O) groups is 2. The molecular weight excluding hydrogens is 292 g/mol. The molecule has 1 amide bonds. The van der Waals surface area contributed by atoms with Crippen molar-refractivity contribution in [1.29, 1.82) is 0 Å². The third-order valence-electron chi connectivity index (χ3n) is 3.10. The quantitative estimate of drug-likeness (QED) is 0.630. The Morgan fingerprint density at radius 2 is 2.00 bits per heavy atom. The van der Waals surface area contributed by atoms with Crippen molar-refractivity contribution < 1.29 is 14.3 Å². The van der Waals surface area contributed by atoms with E-state index >= 15 is 0 Å². The molecule has 1 aromatic carbocycles. The van der Waals surface area contributed by atoms with Crippen molar-refractivity contribution in [2.24, 2.45) is 0 Å². The van der Waals surface area contributed by atoms with Crippen LogP contribution in [0.25, 0.3) is 6.08 Å². The molecule has 0 fully saturated rings. The van der Waals surface area contributed by atoms with Gasteiger partial charge in [0.1, 0.15) is 6.61 Å². The van der Waals surface area contributed by atoms with E-state index in [4.69, 9.17) is 4.74 Å². The van der Waals surface area contributed by atoms with Gasteiger partial charge in [-0.2, -0.15) is 0 Å². The minimum atomic E-state index is -0.447. The molecule has 1 heterocycles. The van der Waals surface area contributed by atoms with Crippen molar-refractivity contribution in [2.75, 3.05) is 6.54 Å². The number of nitrogens with one attached hydrogen (secondary N) is 1. The van der Waals surface area contributed by atoms with E-state index in [-0.39, 0.29) is 6.61 Å². The van der Waals surface area contributed by atoms with E-state index in [1.54, 1.807) is 18.5 Å². The standard InChI is InChI=1S/C18H18N2O3/c21-13-17-9-11-19-12-16(17)8-4-5-10-20-18(22)23-14-15-6-2-1-3-7-15/h1-4,6-9,11-13H,5,10,14H2,(H,20,22). The largest absolute Gasteiger partial charge is 0.445 e. The molecule has 5 heteroatoms. The number of nitrogens with zero attached hydrogens (tertiary/aromatic N) is 1. The second-order valence-corrected chi connectivity index (χ2v) is 4.80. The molecule has 1 aromatic heterocycles. The number of aromatic nitrogens is 1. The van der Waals surface area contributed by atoms with Crippen molar-refractivity contribution >= 4 is 18.5 Å². The van der Waals surface area contributed by atoms with Gasteiger partial charge in [0.2, 0.25) is 0 Å². The average Bonchev–Trinajstić information content (AvgIpc) is 2.61. The van der Waals surface area contributed by atoms with Crippen LogP contribution in [-0.2, 0) is 11.3 Å². The van der Waals surface area contributed by atoms with Gasteiger partial charge in [-0.1, -0.05) is 42.5 Å². The Morgan fingerprint density at radius 3 is 2.78 bits per heavy atom. The van der Waals surface area contributed by atoms with Gasteiger partial charge >= 0.3 is 6.09 Å². The first-order chi connectivity index (χ1) is 11.3. The highest BCUT2D eigenvalue weighted by molar-refractivity contribution is 5.81. The Kier molecular flexibility index (Phi) is 6.53. The van der Waals surface area contributed by atoms with Crippen LogP contribution in [0.1, 0.15) is 27.9 Å². The predicted octanol–water partition coefficient (Wildman–Crippen LogP) is 3.22. The molecule has 0 spiro atoms. The molecule has 0 saturated heterocycles. The maximum absolute atomic E-state index is 11.5. The molecule has 118 valence electrons. The number of benzene rings is 1. The molecule has 0 atom stereocenters. The Balaban J connectivity index is 1.67. The summed E-state index contributed by atoms with van der Waals surface area (Å²) in [4.78, 5) is 26.4. The Hall–Kier alpha value is -2.95. The summed E-state index contributed by atoms with van der Waals surface area (Å²) >= 11 is 0. The molecule has 0 saturated carbocycles. The van der Waals surface area contributed by atoms with E-state index in [0.29, 0.717) is 18.5 Å². The number of alkyl carbamates (subject to hydrolysis) is 1. The lowest BCUT2D eigenvalue weighted by atomic mass is 10.1. The smallest absolute Gasteiger partial charge is 0.407 e. The third kappa shape index (κ3) is 5.74. The highest BCUT2D eigenvalue weighted by Gasteiger charge is 2.01.